The first-order valence-corrected chi connectivity index (χ1v) is 13.3. The van der Waals surface area contributed by atoms with Crippen molar-refractivity contribution in [3.63, 3.8) is 0 Å². The van der Waals surface area contributed by atoms with Crippen molar-refractivity contribution in [3.8, 4) is 5.75 Å². The van der Waals surface area contributed by atoms with Gasteiger partial charge in [0.05, 0.1) is 19.3 Å². The second-order valence-corrected chi connectivity index (χ2v) is 11.1. The van der Waals surface area contributed by atoms with Gasteiger partial charge in [-0.15, -0.1) is 0 Å². The molecule has 2 saturated heterocycles. The summed E-state index contributed by atoms with van der Waals surface area (Å²) in [6, 6.07) is 9.72. The second-order valence-electron chi connectivity index (χ2n) is 11.1. The lowest BCUT2D eigenvalue weighted by atomic mass is 9.88. The highest BCUT2D eigenvalue weighted by Crippen LogP contribution is 2.49. The highest BCUT2D eigenvalue weighted by atomic mass is 19.2. The van der Waals surface area contributed by atoms with Crippen LogP contribution in [0.2, 0.25) is 0 Å². The van der Waals surface area contributed by atoms with E-state index in [2.05, 4.69) is 0 Å². The van der Waals surface area contributed by atoms with Crippen molar-refractivity contribution in [2.45, 2.75) is 43.7 Å². The number of amides is 1. The quantitative estimate of drug-likeness (QED) is 0.496. The van der Waals surface area contributed by atoms with E-state index in [1.807, 2.05) is 29.2 Å². The number of hydrogen-bond donors (Lipinski definition) is 1. The summed E-state index contributed by atoms with van der Waals surface area (Å²) in [5, 5.41) is 12.5. The number of pyridine rings is 1. The molecule has 4 aliphatic rings. The average Bonchev–Trinajstić information content (AvgIpc) is 3.05. The number of aromatic hydroxyl groups is 1. The Morgan fingerprint density at radius 2 is 1.82 bits per heavy atom. The Kier molecular flexibility index (Phi) is 5.47. The number of morpholine rings is 1. The SMILES string of the molecule is CC1(F)CCN2C(=O)c3c(O)c(=O)ccn3N(C3c4ccccc4N4CCOCC4c4c3ccc(F)c4F)C2C1. The highest BCUT2D eigenvalue weighted by Gasteiger charge is 2.51. The Bertz CT molecular complexity index is 1610. The standard InChI is InChI=1S/C29H27F3N4O4/c1-29(32)9-11-34-22(14-29)36(35-10-8-21(37)27(38)26(35)28(34)39)25-16-4-2-3-5-19(16)33-12-13-40-15-20(33)23-17(25)6-7-18(30)24(23)31/h2-8,10,20,22,25,38H,9,11-15H2,1H3. The van der Waals surface area contributed by atoms with Gasteiger partial charge in [-0.25, -0.2) is 13.2 Å². The molecule has 2 aromatic carbocycles. The van der Waals surface area contributed by atoms with Gasteiger partial charge in [-0.05, 0) is 31.0 Å². The molecule has 40 heavy (non-hydrogen) atoms. The van der Waals surface area contributed by atoms with Crippen molar-refractivity contribution < 1.29 is 27.8 Å². The molecule has 7 rings (SSSR count). The first-order valence-electron chi connectivity index (χ1n) is 13.3. The summed E-state index contributed by atoms with van der Waals surface area (Å²) >= 11 is 0. The van der Waals surface area contributed by atoms with Crippen LogP contribution >= 0.6 is 0 Å². The van der Waals surface area contributed by atoms with Gasteiger partial charge in [-0.3, -0.25) is 19.3 Å². The monoisotopic (exact) mass is 552 g/mol. The number of aromatic nitrogens is 1. The summed E-state index contributed by atoms with van der Waals surface area (Å²) in [5.74, 6) is -3.31. The molecule has 11 heteroatoms. The predicted octanol–water partition coefficient (Wildman–Crippen LogP) is 3.75. The van der Waals surface area contributed by atoms with Gasteiger partial charge in [0.1, 0.15) is 17.9 Å². The minimum absolute atomic E-state index is 0.0527. The van der Waals surface area contributed by atoms with Crippen LogP contribution in [0.25, 0.3) is 0 Å². The van der Waals surface area contributed by atoms with Gasteiger partial charge in [-0.1, -0.05) is 24.3 Å². The molecule has 4 atom stereocenters. The molecule has 5 heterocycles. The Labute approximate surface area is 227 Å². The van der Waals surface area contributed by atoms with Gasteiger partial charge in [0.15, 0.2) is 23.1 Å². The van der Waals surface area contributed by atoms with Crippen LogP contribution in [0.5, 0.6) is 5.75 Å². The van der Waals surface area contributed by atoms with Gasteiger partial charge >= 0.3 is 0 Å². The Morgan fingerprint density at radius 3 is 2.65 bits per heavy atom. The number of fused-ring (bicyclic) bond motifs is 7. The zero-order chi connectivity index (χ0) is 27.9. The molecule has 208 valence electrons. The largest absolute Gasteiger partial charge is 0.502 e. The number of para-hydroxylation sites is 1. The third-order valence-corrected chi connectivity index (χ3v) is 8.64. The number of benzene rings is 2. The maximum atomic E-state index is 15.8. The first-order chi connectivity index (χ1) is 19.2. The summed E-state index contributed by atoms with van der Waals surface area (Å²) in [5.41, 5.74) is -0.559. The number of piperidine rings is 1. The van der Waals surface area contributed by atoms with E-state index in [-0.39, 0.29) is 37.3 Å². The van der Waals surface area contributed by atoms with E-state index in [0.717, 1.165) is 23.4 Å². The number of alkyl halides is 1. The predicted molar refractivity (Wildman–Crippen MR) is 140 cm³/mol. The first kappa shape index (κ1) is 25.0. The van der Waals surface area contributed by atoms with Crippen molar-refractivity contribution in [2.24, 2.45) is 0 Å². The fraction of sp³-hybridized carbons (Fsp3) is 0.379. The van der Waals surface area contributed by atoms with Gasteiger partial charge in [0, 0.05) is 48.6 Å². The Morgan fingerprint density at radius 1 is 1.02 bits per heavy atom. The van der Waals surface area contributed by atoms with E-state index in [0.29, 0.717) is 18.7 Å². The van der Waals surface area contributed by atoms with E-state index in [1.165, 1.54) is 28.8 Å². The lowest BCUT2D eigenvalue weighted by Gasteiger charge is -2.53. The van der Waals surface area contributed by atoms with Crippen LogP contribution in [0.1, 0.15) is 59.0 Å². The van der Waals surface area contributed by atoms with Crippen LogP contribution in [0.15, 0.2) is 53.5 Å². The average molecular weight is 553 g/mol. The molecule has 3 aromatic rings. The summed E-state index contributed by atoms with van der Waals surface area (Å²) in [6.45, 7) is 2.50. The summed E-state index contributed by atoms with van der Waals surface area (Å²) in [4.78, 5) is 29.6. The van der Waals surface area contributed by atoms with Gasteiger partial charge in [0.2, 0.25) is 5.43 Å². The zero-order valence-electron chi connectivity index (χ0n) is 21.7. The maximum Gasteiger partial charge on any atom is 0.278 e. The lowest BCUT2D eigenvalue weighted by molar-refractivity contribution is 0.00691. The van der Waals surface area contributed by atoms with Crippen molar-refractivity contribution in [1.29, 1.82) is 0 Å². The molecule has 0 saturated carbocycles. The summed E-state index contributed by atoms with van der Waals surface area (Å²) < 4.78 is 53.4. The second kappa shape index (κ2) is 8.76. The van der Waals surface area contributed by atoms with Crippen LogP contribution < -0.4 is 15.3 Å². The van der Waals surface area contributed by atoms with E-state index in [4.69, 9.17) is 4.74 Å². The normalized spacial score (nSPS) is 27.2. The van der Waals surface area contributed by atoms with Gasteiger partial charge in [0.25, 0.3) is 5.91 Å². The topological polar surface area (TPSA) is 78.2 Å². The smallest absolute Gasteiger partial charge is 0.278 e. The number of carbonyl (C=O) groups is 1. The molecular formula is C29H27F3N4O4. The van der Waals surface area contributed by atoms with Crippen molar-refractivity contribution in [3.05, 3.63) is 92.9 Å². The van der Waals surface area contributed by atoms with E-state index >= 15 is 8.78 Å². The molecule has 4 aliphatic heterocycles. The fourth-order valence-corrected chi connectivity index (χ4v) is 6.78. The molecule has 0 aliphatic carbocycles. The van der Waals surface area contributed by atoms with Gasteiger partial charge in [-0.2, -0.15) is 0 Å². The number of anilines is 1. The Balaban J connectivity index is 1.57. The molecule has 1 amide bonds. The Hall–Kier alpha value is -3.99. The van der Waals surface area contributed by atoms with Crippen LogP contribution in [0.3, 0.4) is 0 Å². The van der Waals surface area contributed by atoms with Crippen molar-refractivity contribution in [1.82, 2.24) is 9.58 Å². The molecule has 4 unspecified atom stereocenters. The van der Waals surface area contributed by atoms with Crippen LogP contribution in [0, 0.1) is 11.6 Å². The number of hydrogen-bond acceptors (Lipinski definition) is 6. The molecule has 1 N–H and O–H groups in total. The third-order valence-electron chi connectivity index (χ3n) is 8.64. The molecule has 2 fully saturated rings. The number of nitrogens with zero attached hydrogens (tertiary/aromatic N) is 4. The minimum Gasteiger partial charge on any atom is -0.502 e. The lowest BCUT2D eigenvalue weighted by Crippen LogP contribution is -2.66. The van der Waals surface area contributed by atoms with Crippen molar-refractivity contribution >= 4 is 11.6 Å². The maximum absolute atomic E-state index is 15.8. The third kappa shape index (κ3) is 3.49. The van der Waals surface area contributed by atoms with E-state index in [9.17, 15) is 19.1 Å². The fourth-order valence-electron chi connectivity index (χ4n) is 6.78. The summed E-state index contributed by atoms with van der Waals surface area (Å²) in [6.07, 6.45) is 0.529. The highest BCUT2D eigenvalue weighted by molar-refractivity contribution is 5.96. The number of rotatable bonds is 1. The number of ether oxygens (including phenoxy) is 1. The molecule has 1 aromatic heterocycles. The van der Waals surface area contributed by atoms with Crippen molar-refractivity contribution in [2.75, 3.05) is 36.2 Å². The van der Waals surface area contributed by atoms with Crippen LogP contribution in [-0.4, -0.2) is 58.7 Å². The van der Waals surface area contributed by atoms with Gasteiger partial charge < -0.3 is 19.6 Å². The molecule has 8 nitrogen and oxygen atoms in total. The van der Waals surface area contributed by atoms with Crippen LogP contribution in [0.4, 0.5) is 18.9 Å². The number of carbonyl (C=O) groups excluding carboxylic acids is 1. The molecule has 0 bridgehead atoms. The molecule has 0 radical (unpaired) electrons. The number of halogens is 3. The molecule has 0 spiro atoms. The van der Waals surface area contributed by atoms with E-state index < -0.39 is 52.6 Å². The van der Waals surface area contributed by atoms with E-state index in [1.54, 1.807) is 5.01 Å². The summed E-state index contributed by atoms with van der Waals surface area (Å²) in [7, 11) is 0. The molecular weight excluding hydrogens is 525 g/mol. The minimum atomic E-state index is -1.62. The van der Waals surface area contributed by atoms with Crippen LogP contribution in [-0.2, 0) is 4.74 Å². The zero-order valence-corrected chi connectivity index (χ0v) is 21.7.